The van der Waals surface area contributed by atoms with E-state index in [0.29, 0.717) is 32.2 Å². The highest BCUT2D eigenvalue weighted by Gasteiger charge is 2.31. The SMILES string of the molecule is O=C(O)CCCCCN1C(=O)/C(=C/c2cccc(-c3cc(Cl)cc(Cl)c3)c2)SC1=S. The van der Waals surface area contributed by atoms with Gasteiger partial charge in [-0.1, -0.05) is 71.8 Å². The molecule has 2 aromatic rings. The fraction of sp³-hybridized carbons (Fsp3) is 0.227. The van der Waals surface area contributed by atoms with Crippen molar-refractivity contribution in [1.29, 1.82) is 0 Å². The van der Waals surface area contributed by atoms with Crippen LogP contribution in [-0.2, 0) is 9.59 Å². The van der Waals surface area contributed by atoms with Crippen molar-refractivity contribution in [3.05, 3.63) is 63.0 Å². The predicted octanol–water partition coefficient (Wildman–Crippen LogP) is 6.51. The monoisotopic (exact) mass is 479 g/mol. The van der Waals surface area contributed by atoms with Crippen molar-refractivity contribution in [1.82, 2.24) is 4.90 Å². The number of carbonyl (C=O) groups is 2. The van der Waals surface area contributed by atoms with Gasteiger partial charge in [-0.2, -0.15) is 0 Å². The van der Waals surface area contributed by atoms with Gasteiger partial charge in [0.25, 0.3) is 5.91 Å². The summed E-state index contributed by atoms with van der Waals surface area (Å²) >= 11 is 18.9. The van der Waals surface area contributed by atoms with Crippen LogP contribution < -0.4 is 0 Å². The lowest BCUT2D eigenvalue weighted by molar-refractivity contribution is -0.137. The van der Waals surface area contributed by atoms with Gasteiger partial charge in [0, 0.05) is 23.0 Å². The molecule has 1 aliphatic rings. The van der Waals surface area contributed by atoms with Crippen molar-refractivity contribution in [2.45, 2.75) is 25.7 Å². The highest BCUT2D eigenvalue weighted by Crippen LogP contribution is 2.34. The van der Waals surface area contributed by atoms with Gasteiger partial charge in [0.1, 0.15) is 4.32 Å². The number of hydrogen-bond donors (Lipinski definition) is 1. The molecule has 0 unspecified atom stereocenters. The van der Waals surface area contributed by atoms with Crippen LogP contribution in [0.3, 0.4) is 0 Å². The largest absolute Gasteiger partial charge is 0.481 e. The number of thiocarbonyl (C=S) groups is 1. The number of aliphatic carboxylic acids is 1. The summed E-state index contributed by atoms with van der Waals surface area (Å²) in [7, 11) is 0. The van der Waals surface area contributed by atoms with Gasteiger partial charge >= 0.3 is 5.97 Å². The van der Waals surface area contributed by atoms with E-state index in [-0.39, 0.29) is 12.3 Å². The van der Waals surface area contributed by atoms with Gasteiger partial charge in [-0.05, 0) is 59.9 Å². The third-order valence-corrected chi connectivity index (χ3v) is 6.34. The van der Waals surface area contributed by atoms with Crippen molar-refractivity contribution in [2.24, 2.45) is 0 Å². The molecule has 0 radical (unpaired) electrons. The average Bonchev–Trinajstić information content (AvgIpc) is 2.94. The Balaban J connectivity index is 1.70. The number of carboxylic acid groups (broad SMARTS) is 1. The first-order valence-corrected chi connectivity index (χ1v) is 11.4. The maximum atomic E-state index is 12.8. The van der Waals surface area contributed by atoms with E-state index in [9.17, 15) is 9.59 Å². The van der Waals surface area contributed by atoms with Crippen molar-refractivity contribution in [2.75, 3.05) is 6.54 Å². The summed E-state index contributed by atoms with van der Waals surface area (Å²) in [6.07, 6.45) is 4.04. The number of amides is 1. The summed E-state index contributed by atoms with van der Waals surface area (Å²) in [4.78, 5) is 25.5. The number of benzene rings is 2. The summed E-state index contributed by atoms with van der Waals surface area (Å²) in [5.41, 5.74) is 2.73. The Morgan fingerprint density at radius 1 is 1.07 bits per heavy atom. The number of carbonyl (C=O) groups excluding carboxylic acids is 1. The van der Waals surface area contributed by atoms with Crippen LogP contribution in [-0.4, -0.2) is 32.7 Å². The van der Waals surface area contributed by atoms with E-state index in [0.717, 1.165) is 29.5 Å². The van der Waals surface area contributed by atoms with Crippen LogP contribution in [0.2, 0.25) is 10.0 Å². The number of rotatable bonds is 8. The molecular weight excluding hydrogens is 461 g/mol. The van der Waals surface area contributed by atoms with Crippen LogP contribution in [0.1, 0.15) is 31.2 Å². The Morgan fingerprint density at radius 3 is 2.50 bits per heavy atom. The highest BCUT2D eigenvalue weighted by molar-refractivity contribution is 8.26. The molecule has 0 aliphatic carbocycles. The lowest BCUT2D eigenvalue weighted by atomic mass is 10.0. The Kier molecular flexibility index (Phi) is 7.94. The number of unbranched alkanes of at least 4 members (excludes halogenated alkanes) is 2. The summed E-state index contributed by atoms with van der Waals surface area (Å²) in [5.74, 6) is -0.912. The minimum atomic E-state index is -0.800. The van der Waals surface area contributed by atoms with E-state index in [1.165, 1.54) is 11.8 Å². The lowest BCUT2D eigenvalue weighted by Crippen LogP contribution is -2.29. The predicted molar refractivity (Wildman–Crippen MR) is 128 cm³/mol. The third kappa shape index (κ3) is 6.08. The van der Waals surface area contributed by atoms with Gasteiger partial charge in [0.05, 0.1) is 4.91 Å². The van der Waals surface area contributed by atoms with Gasteiger partial charge in [0.2, 0.25) is 0 Å². The van der Waals surface area contributed by atoms with E-state index in [4.69, 9.17) is 40.5 Å². The molecule has 3 rings (SSSR count). The minimum Gasteiger partial charge on any atom is -0.481 e. The second-order valence-corrected chi connectivity index (χ2v) is 9.37. The number of thioether (sulfide) groups is 1. The lowest BCUT2D eigenvalue weighted by Gasteiger charge is -2.13. The Morgan fingerprint density at radius 2 is 1.80 bits per heavy atom. The molecule has 0 saturated carbocycles. The molecule has 4 nitrogen and oxygen atoms in total. The quantitative estimate of drug-likeness (QED) is 0.265. The van der Waals surface area contributed by atoms with E-state index in [1.54, 1.807) is 11.0 Å². The fourth-order valence-electron chi connectivity index (χ4n) is 3.10. The zero-order valence-corrected chi connectivity index (χ0v) is 19.1. The molecular formula is C22H19Cl2NO3S2. The molecule has 1 amide bonds. The molecule has 0 atom stereocenters. The van der Waals surface area contributed by atoms with Crippen molar-refractivity contribution >= 4 is 69.5 Å². The molecule has 1 aliphatic heterocycles. The first-order chi connectivity index (χ1) is 14.3. The van der Waals surface area contributed by atoms with Crippen molar-refractivity contribution in [3.8, 4) is 11.1 Å². The Bertz CT molecular complexity index is 1000. The topological polar surface area (TPSA) is 57.6 Å². The summed E-state index contributed by atoms with van der Waals surface area (Å²) in [5, 5.41) is 9.82. The molecule has 30 heavy (non-hydrogen) atoms. The van der Waals surface area contributed by atoms with Crippen molar-refractivity contribution in [3.63, 3.8) is 0 Å². The standard InChI is InChI=1S/C22H19Cl2NO3S2/c23-17-11-16(12-18(24)13-17)15-6-4-5-14(9-15)10-19-21(28)25(22(29)30-19)8-3-1-2-7-20(26)27/h4-6,9-13H,1-3,7-8H2,(H,26,27)/b19-10-. The van der Waals surface area contributed by atoms with Crippen molar-refractivity contribution < 1.29 is 14.7 Å². The molecule has 1 heterocycles. The maximum Gasteiger partial charge on any atom is 0.303 e. The molecule has 1 N–H and O–H groups in total. The van der Waals surface area contributed by atoms with E-state index in [2.05, 4.69) is 0 Å². The molecule has 8 heteroatoms. The molecule has 1 fully saturated rings. The van der Waals surface area contributed by atoms with Crippen LogP contribution >= 0.6 is 47.2 Å². The molecule has 1 saturated heterocycles. The Hall–Kier alpha value is -1.86. The molecule has 0 bridgehead atoms. The van der Waals surface area contributed by atoms with Crippen LogP contribution in [0.5, 0.6) is 0 Å². The normalized spacial score (nSPS) is 15.3. The summed E-state index contributed by atoms with van der Waals surface area (Å²) < 4.78 is 0.530. The third-order valence-electron chi connectivity index (χ3n) is 4.53. The Labute approximate surface area is 194 Å². The van der Waals surface area contributed by atoms with Crippen LogP contribution in [0.4, 0.5) is 0 Å². The average molecular weight is 480 g/mol. The maximum absolute atomic E-state index is 12.8. The smallest absolute Gasteiger partial charge is 0.303 e. The fourth-order valence-corrected chi connectivity index (χ4v) is 4.93. The summed E-state index contributed by atoms with van der Waals surface area (Å²) in [6, 6.07) is 13.1. The number of carboxylic acids is 1. The van der Waals surface area contributed by atoms with Gasteiger partial charge < -0.3 is 5.11 Å². The van der Waals surface area contributed by atoms with Gasteiger partial charge in [-0.25, -0.2) is 0 Å². The van der Waals surface area contributed by atoms with Crippen LogP contribution in [0.25, 0.3) is 17.2 Å². The molecule has 156 valence electrons. The van der Waals surface area contributed by atoms with Gasteiger partial charge in [-0.15, -0.1) is 0 Å². The second kappa shape index (κ2) is 10.4. The second-order valence-electron chi connectivity index (χ2n) is 6.82. The van der Waals surface area contributed by atoms with Gasteiger partial charge in [0.15, 0.2) is 0 Å². The molecule has 0 aromatic heterocycles. The zero-order chi connectivity index (χ0) is 21.7. The highest BCUT2D eigenvalue weighted by atomic mass is 35.5. The number of nitrogens with zero attached hydrogens (tertiary/aromatic N) is 1. The van der Waals surface area contributed by atoms with E-state index < -0.39 is 5.97 Å². The number of hydrogen-bond acceptors (Lipinski definition) is 4. The minimum absolute atomic E-state index is 0.112. The molecule has 0 spiro atoms. The first-order valence-electron chi connectivity index (χ1n) is 9.37. The zero-order valence-electron chi connectivity index (χ0n) is 15.9. The van der Waals surface area contributed by atoms with Crippen LogP contribution in [0.15, 0.2) is 47.4 Å². The number of halogens is 2. The molecule has 2 aromatic carbocycles. The van der Waals surface area contributed by atoms with Crippen LogP contribution in [0, 0.1) is 0 Å². The van der Waals surface area contributed by atoms with E-state index in [1.807, 2.05) is 42.5 Å². The summed E-state index contributed by atoms with van der Waals surface area (Å²) in [6.45, 7) is 0.503. The first kappa shape index (κ1) is 22.8. The van der Waals surface area contributed by atoms with Gasteiger partial charge in [-0.3, -0.25) is 14.5 Å². The van der Waals surface area contributed by atoms with E-state index >= 15 is 0 Å².